The van der Waals surface area contributed by atoms with Crippen molar-refractivity contribution in [2.24, 2.45) is 5.92 Å². The highest BCUT2D eigenvalue weighted by Crippen LogP contribution is 2.49. The number of H-pyrrole nitrogens is 2. The van der Waals surface area contributed by atoms with Crippen LogP contribution in [0.4, 0.5) is 8.78 Å². The average molecular weight is 544 g/mol. The van der Waals surface area contributed by atoms with Gasteiger partial charge in [-0.05, 0) is 55.5 Å². The van der Waals surface area contributed by atoms with Crippen LogP contribution >= 0.6 is 0 Å². The summed E-state index contributed by atoms with van der Waals surface area (Å²) in [6, 6.07) is 16.9. The molecule has 7 nitrogen and oxygen atoms in total. The number of hydrogen-bond donors (Lipinski definition) is 3. The molecule has 204 valence electrons. The molecule has 3 aromatic carbocycles. The summed E-state index contributed by atoms with van der Waals surface area (Å²) in [6.45, 7) is 3.81. The lowest BCUT2D eigenvalue weighted by Gasteiger charge is -2.23. The molecule has 0 radical (unpaired) electrons. The van der Waals surface area contributed by atoms with Gasteiger partial charge in [-0.25, -0.2) is 13.8 Å². The average Bonchev–Trinajstić information content (AvgIpc) is 3.34. The van der Waals surface area contributed by atoms with Crippen LogP contribution in [0.3, 0.4) is 0 Å². The van der Waals surface area contributed by atoms with Crippen LogP contribution in [0.1, 0.15) is 43.0 Å². The molecule has 2 aromatic heterocycles. The van der Waals surface area contributed by atoms with Crippen molar-refractivity contribution in [3.63, 3.8) is 0 Å². The Morgan fingerprint density at radius 1 is 1.15 bits per heavy atom. The van der Waals surface area contributed by atoms with Gasteiger partial charge in [0, 0.05) is 23.2 Å². The molecule has 2 heterocycles. The van der Waals surface area contributed by atoms with Crippen LogP contribution in [-0.2, 0) is 15.1 Å². The number of aromatic amines is 2. The molecule has 0 bridgehead atoms. The topological polar surface area (TPSA) is 100 Å². The molecular formula is C31H27F2N3O4. The van der Waals surface area contributed by atoms with Gasteiger partial charge in [-0.2, -0.15) is 0 Å². The molecule has 5 aromatic rings. The number of nitrogens with zero attached hydrogens (tertiary/aromatic N) is 1. The molecule has 0 amide bonds. The van der Waals surface area contributed by atoms with Gasteiger partial charge in [0.1, 0.15) is 17.2 Å². The number of imidazole rings is 1. The third kappa shape index (κ3) is 4.62. The highest BCUT2D eigenvalue weighted by Gasteiger charge is 2.45. The fourth-order valence-corrected chi connectivity index (χ4v) is 5.05. The van der Waals surface area contributed by atoms with E-state index in [1.165, 1.54) is 18.3 Å². The lowest BCUT2D eigenvalue weighted by atomic mass is 9.91. The maximum Gasteiger partial charge on any atom is 0.309 e. The fraction of sp³-hybridized carbons (Fsp3) is 0.226. The summed E-state index contributed by atoms with van der Waals surface area (Å²) in [7, 11) is 0. The van der Waals surface area contributed by atoms with E-state index in [0.717, 1.165) is 12.0 Å². The Morgan fingerprint density at radius 2 is 1.98 bits per heavy atom. The summed E-state index contributed by atoms with van der Waals surface area (Å²) in [6.07, 6.45) is 3.81. The van der Waals surface area contributed by atoms with Crippen molar-refractivity contribution < 1.29 is 28.2 Å². The van der Waals surface area contributed by atoms with E-state index in [4.69, 9.17) is 9.47 Å². The largest absolute Gasteiger partial charge is 0.466 e. The van der Waals surface area contributed by atoms with Crippen LogP contribution in [-0.4, -0.2) is 32.6 Å². The summed E-state index contributed by atoms with van der Waals surface area (Å²) in [5.74, 6) is -1.71. The van der Waals surface area contributed by atoms with E-state index in [9.17, 15) is 18.7 Å². The third-order valence-electron chi connectivity index (χ3n) is 7.39. The second-order valence-corrected chi connectivity index (χ2v) is 10.1. The van der Waals surface area contributed by atoms with Crippen molar-refractivity contribution in [3.05, 3.63) is 102 Å². The van der Waals surface area contributed by atoms with Gasteiger partial charge in [-0.3, -0.25) is 4.79 Å². The number of esters is 1. The zero-order valence-corrected chi connectivity index (χ0v) is 21.9. The van der Waals surface area contributed by atoms with E-state index in [1.807, 2.05) is 24.3 Å². The summed E-state index contributed by atoms with van der Waals surface area (Å²) in [5.41, 5.74) is 1.62. The van der Waals surface area contributed by atoms with Gasteiger partial charge < -0.3 is 24.5 Å². The summed E-state index contributed by atoms with van der Waals surface area (Å²) >= 11 is 0. The molecule has 0 saturated heterocycles. The maximum atomic E-state index is 14.9. The van der Waals surface area contributed by atoms with Crippen LogP contribution in [0, 0.1) is 17.6 Å². The van der Waals surface area contributed by atoms with Crippen LogP contribution < -0.4 is 4.74 Å². The van der Waals surface area contributed by atoms with E-state index in [-0.39, 0.29) is 28.9 Å². The lowest BCUT2D eigenvalue weighted by Crippen LogP contribution is -2.23. The molecule has 3 unspecified atom stereocenters. The molecule has 1 aliphatic carbocycles. The number of nitrogens with one attached hydrogen (secondary N) is 2. The van der Waals surface area contributed by atoms with E-state index in [2.05, 4.69) is 15.0 Å². The maximum absolute atomic E-state index is 14.9. The van der Waals surface area contributed by atoms with Gasteiger partial charge in [0.15, 0.2) is 17.4 Å². The number of fused-ring (bicyclic) bond motifs is 1. The summed E-state index contributed by atoms with van der Waals surface area (Å²) < 4.78 is 40.2. The Bertz CT molecular complexity index is 1720. The molecule has 40 heavy (non-hydrogen) atoms. The van der Waals surface area contributed by atoms with Gasteiger partial charge in [0.25, 0.3) is 0 Å². The van der Waals surface area contributed by atoms with E-state index < -0.39 is 23.0 Å². The van der Waals surface area contributed by atoms with Gasteiger partial charge in [0.05, 0.1) is 29.9 Å². The Balaban J connectivity index is 1.23. The van der Waals surface area contributed by atoms with Gasteiger partial charge in [-0.1, -0.05) is 36.4 Å². The van der Waals surface area contributed by atoms with Crippen molar-refractivity contribution >= 4 is 16.9 Å². The Kier molecular flexibility index (Phi) is 6.38. The smallest absolute Gasteiger partial charge is 0.309 e. The first-order valence-electron chi connectivity index (χ1n) is 13.0. The Hall–Kier alpha value is -4.50. The van der Waals surface area contributed by atoms with Crippen LogP contribution in [0.25, 0.3) is 22.3 Å². The minimum absolute atomic E-state index is 0.0718. The van der Waals surface area contributed by atoms with Crippen LogP contribution in [0.2, 0.25) is 0 Å². The van der Waals surface area contributed by atoms with Crippen molar-refractivity contribution in [1.29, 1.82) is 0 Å². The highest BCUT2D eigenvalue weighted by molar-refractivity contribution is 5.82. The first-order valence-corrected chi connectivity index (χ1v) is 13.0. The number of benzene rings is 3. The molecule has 3 N–H and O–H groups in total. The number of aromatic nitrogens is 3. The zero-order valence-electron chi connectivity index (χ0n) is 21.9. The van der Waals surface area contributed by atoms with E-state index >= 15 is 0 Å². The van der Waals surface area contributed by atoms with Crippen LogP contribution in [0.5, 0.6) is 11.5 Å². The zero-order chi connectivity index (χ0) is 28.0. The minimum atomic E-state index is -1.40. The first-order chi connectivity index (χ1) is 19.3. The second-order valence-electron chi connectivity index (χ2n) is 10.1. The standard InChI is InChI=1S/C31H27F2N3O4/c1-3-39-30(37)23-14-22(23)17-6-4-8-19(12-17)31(2,38)26-16-35-29(36-26)18-7-5-9-20(13-18)40-28-24(32)15-25-21(27(28)33)10-11-34-25/h4-13,15-16,22-23,34,38H,3,14H2,1-2H3,(H,35,36). The summed E-state index contributed by atoms with van der Waals surface area (Å²) in [4.78, 5) is 22.5. The van der Waals surface area contributed by atoms with E-state index in [0.29, 0.717) is 34.8 Å². The van der Waals surface area contributed by atoms with Gasteiger partial charge >= 0.3 is 5.97 Å². The van der Waals surface area contributed by atoms with Crippen molar-refractivity contribution in [3.8, 4) is 22.9 Å². The Labute approximate surface area is 228 Å². The lowest BCUT2D eigenvalue weighted by molar-refractivity contribution is -0.144. The highest BCUT2D eigenvalue weighted by atomic mass is 19.1. The van der Waals surface area contributed by atoms with Crippen molar-refractivity contribution in [1.82, 2.24) is 15.0 Å². The Morgan fingerprint density at radius 3 is 2.80 bits per heavy atom. The van der Waals surface area contributed by atoms with Crippen LogP contribution in [0.15, 0.2) is 73.1 Å². The van der Waals surface area contributed by atoms with Crippen molar-refractivity contribution in [2.45, 2.75) is 31.8 Å². The molecule has 1 fully saturated rings. The first kappa shape index (κ1) is 25.8. The van der Waals surface area contributed by atoms with Gasteiger partial charge in [0.2, 0.25) is 0 Å². The number of aliphatic hydroxyl groups is 1. The number of carbonyl (C=O) groups excluding carboxylic acids is 1. The molecular weight excluding hydrogens is 516 g/mol. The molecule has 0 spiro atoms. The molecule has 0 aliphatic heterocycles. The van der Waals surface area contributed by atoms with Gasteiger partial charge in [-0.15, -0.1) is 0 Å². The normalized spacial score (nSPS) is 17.9. The predicted molar refractivity (Wildman–Crippen MR) is 145 cm³/mol. The monoisotopic (exact) mass is 543 g/mol. The molecule has 9 heteroatoms. The predicted octanol–water partition coefficient (Wildman–Crippen LogP) is 6.55. The summed E-state index contributed by atoms with van der Waals surface area (Å²) in [5, 5.41) is 11.7. The SMILES string of the molecule is CCOC(=O)C1CC1c1cccc(C(C)(O)c2cnc(-c3cccc(Oc4c(F)cc5[nH]ccc5c4F)c3)[nH]2)c1. The number of carbonyl (C=O) groups is 1. The minimum Gasteiger partial charge on any atom is -0.466 e. The van der Waals surface area contributed by atoms with E-state index in [1.54, 1.807) is 44.3 Å². The number of rotatable bonds is 8. The molecule has 3 atom stereocenters. The quantitative estimate of drug-likeness (QED) is 0.193. The molecule has 1 saturated carbocycles. The van der Waals surface area contributed by atoms with Crippen molar-refractivity contribution in [2.75, 3.05) is 6.61 Å². The molecule has 6 rings (SSSR count). The number of halogens is 2. The fourth-order valence-electron chi connectivity index (χ4n) is 5.05. The number of ether oxygens (including phenoxy) is 2. The molecule has 1 aliphatic rings. The second kappa shape index (κ2) is 9.91. The number of hydrogen-bond acceptors (Lipinski definition) is 5. The third-order valence-corrected chi connectivity index (χ3v) is 7.39.